The van der Waals surface area contributed by atoms with Gasteiger partial charge in [0, 0.05) is 6.42 Å². The predicted octanol–water partition coefficient (Wildman–Crippen LogP) is 3.25. The Morgan fingerprint density at radius 3 is 2.23 bits per heavy atom. The molecule has 0 aromatic heterocycles. The normalized spacial score (nSPS) is 17.3. The van der Waals surface area contributed by atoms with Crippen LogP contribution in [0.25, 0.3) is 0 Å². The van der Waals surface area contributed by atoms with Crippen LogP contribution in [0.5, 0.6) is 5.75 Å². The minimum absolute atomic E-state index is 0.0255. The molecule has 1 fully saturated rings. The van der Waals surface area contributed by atoms with Gasteiger partial charge >= 0.3 is 12.4 Å². The fourth-order valence-electron chi connectivity index (χ4n) is 2.69. The maximum absolute atomic E-state index is 12.4. The standard InChI is InChI=1S/C18H15F3N2O3/c19-18(20,21)26-14-8-6-13(7-9-14)11-23-16(24)15(22-17(23)25)10-12-4-2-1-3-5-12/h1-9,15H,10-11H2,(H,22,25). The fourth-order valence-corrected chi connectivity index (χ4v) is 2.69. The summed E-state index contributed by atoms with van der Waals surface area (Å²) in [4.78, 5) is 25.6. The lowest BCUT2D eigenvalue weighted by molar-refractivity contribution is -0.274. The number of hydrogen-bond acceptors (Lipinski definition) is 3. The van der Waals surface area contributed by atoms with Gasteiger partial charge in [-0.15, -0.1) is 13.2 Å². The third-order valence-corrected chi connectivity index (χ3v) is 3.89. The molecule has 0 radical (unpaired) electrons. The number of amides is 3. The van der Waals surface area contributed by atoms with E-state index in [1.165, 1.54) is 12.1 Å². The van der Waals surface area contributed by atoms with Crippen molar-refractivity contribution in [3.8, 4) is 5.75 Å². The van der Waals surface area contributed by atoms with Crippen molar-refractivity contribution in [2.24, 2.45) is 0 Å². The highest BCUT2D eigenvalue weighted by Crippen LogP contribution is 2.23. The second-order valence-electron chi connectivity index (χ2n) is 5.81. The molecule has 3 rings (SSSR count). The van der Waals surface area contributed by atoms with E-state index in [-0.39, 0.29) is 18.2 Å². The minimum Gasteiger partial charge on any atom is -0.406 e. The summed E-state index contributed by atoms with van der Waals surface area (Å²) in [5.41, 5.74) is 1.44. The molecule has 1 N–H and O–H groups in total. The van der Waals surface area contributed by atoms with Gasteiger partial charge in [0.15, 0.2) is 0 Å². The van der Waals surface area contributed by atoms with Gasteiger partial charge < -0.3 is 10.1 Å². The molecule has 1 heterocycles. The molecular weight excluding hydrogens is 349 g/mol. The molecule has 2 aromatic carbocycles. The van der Waals surface area contributed by atoms with Crippen molar-refractivity contribution in [3.05, 3.63) is 65.7 Å². The summed E-state index contributed by atoms with van der Waals surface area (Å²) in [5.74, 6) is -0.727. The summed E-state index contributed by atoms with van der Waals surface area (Å²) >= 11 is 0. The Morgan fingerprint density at radius 1 is 0.962 bits per heavy atom. The molecule has 0 bridgehead atoms. The molecule has 0 spiro atoms. The smallest absolute Gasteiger partial charge is 0.406 e. The Balaban J connectivity index is 1.64. The molecule has 2 aromatic rings. The minimum atomic E-state index is -4.77. The van der Waals surface area contributed by atoms with Crippen molar-refractivity contribution in [1.29, 1.82) is 0 Å². The first-order valence-corrected chi connectivity index (χ1v) is 7.82. The Bertz CT molecular complexity index is 792. The third-order valence-electron chi connectivity index (χ3n) is 3.89. The van der Waals surface area contributed by atoms with Crippen molar-refractivity contribution in [1.82, 2.24) is 10.2 Å². The van der Waals surface area contributed by atoms with Gasteiger partial charge in [0.25, 0.3) is 5.91 Å². The van der Waals surface area contributed by atoms with E-state index < -0.39 is 18.4 Å². The van der Waals surface area contributed by atoms with E-state index in [0.717, 1.165) is 22.6 Å². The van der Waals surface area contributed by atoms with E-state index in [2.05, 4.69) is 10.1 Å². The number of hydrogen-bond donors (Lipinski definition) is 1. The highest BCUT2D eigenvalue weighted by molar-refractivity contribution is 6.04. The van der Waals surface area contributed by atoms with Crippen molar-refractivity contribution in [2.75, 3.05) is 0 Å². The van der Waals surface area contributed by atoms with Crippen LogP contribution >= 0.6 is 0 Å². The summed E-state index contributed by atoms with van der Waals surface area (Å²) < 4.78 is 40.3. The van der Waals surface area contributed by atoms with E-state index in [9.17, 15) is 22.8 Å². The second kappa shape index (κ2) is 7.07. The highest BCUT2D eigenvalue weighted by atomic mass is 19.4. The molecule has 1 atom stereocenters. The number of nitrogens with one attached hydrogen (secondary N) is 1. The molecule has 1 unspecified atom stereocenters. The van der Waals surface area contributed by atoms with E-state index >= 15 is 0 Å². The van der Waals surface area contributed by atoms with Gasteiger partial charge in [-0.05, 0) is 23.3 Å². The number of alkyl halides is 3. The van der Waals surface area contributed by atoms with Gasteiger partial charge in [-0.25, -0.2) is 4.79 Å². The quantitative estimate of drug-likeness (QED) is 0.829. The van der Waals surface area contributed by atoms with Crippen LogP contribution in [0.4, 0.5) is 18.0 Å². The Labute approximate surface area is 147 Å². The third kappa shape index (κ3) is 4.33. The lowest BCUT2D eigenvalue weighted by Crippen LogP contribution is -2.32. The molecule has 8 heteroatoms. The Kier molecular flexibility index (Phi) is 4.83. The summed E-state index contributed by atoms with van der Waals surface area (Å²) in [6, 6.07) is 13.1. The zero-order valence-corrected chi connectivity index (χ0v) is 13.5. The van der Waals surface area contributed by atoms with E-state index in [0.29, 0.717) is 12.0 Å². The van der Waals surface area contributed by atoms with Crippen LogP contribution in [0.3, 0.4) is 0 Å². The van der Waals surface area contributed by atoms with Crippen molar-refractivity contribution in [2.45, 2.75) is 25.4 Å². The van der Waals surface area contributed by atoms with E-state index in [1.54, 1.807) is 0 Å². The van der Waals surface area contributed by atoms with Crippen LogP contribution in [0.2, 0.25) is 0 Å². The van der Waals surface area contributed by atoms with Crippen molar-refractivity contribution < 1.29 is 27.5 Å². The average Bonchev–Trinajstić information content (AvgIpc) is 2.84. The van der Waals surface area contributed by atoms with Crippen LogP contribution < -0.4 is 10.1 Å². The Morgan fingerprint density at radius 2 is 1.62 bits per heavy atom. The maximum atomic E-state index is 12.4. The summed E-state index contributed by atoms with van der Waals surface area (Å²) in [6.45, 7) is -0.0255. The fraction of sp³-hybridized carbons (Fsp3) is 0.222. The number of carbonyl (C=O) groups excluding carboxylic acids is 2. The van der Waals surface area contributed by atoms with E-state index in [4.69, 9.17) is 0 Å². The number of ether oxygens (including phenoxy) is 1. The predicted molar refractivity (Wildman–Crippen MR) is 86.1 cm³/mol. The first kappa shape index (κ1) is 17.8. The zero-order valence-electron chi connectivity index (χ0n) is 13.5. The number of nitrogens with zero attached hydrogens (tertiary/aromatic N) is 1. The summed E-state index contributed by atoms with van der Waals surface area (Å²) in [5, 5.41) is 2.63. The zero-order chi connectivity index (χ0) is 18.7. The molecule has 3 amide bonds. The average molecular weight is 364 g/mol. The SMILES string of the molecule is O=C1NC(Cc2ccccc2)C(=O)N1Cc1ccc(OC(F)(F)F)cc1. The number of imide groups is 1. The molecule has 1 aliphatic rings. The van der Waals surface area contributed by atoms with Crippen molar-refractivity contribution >= 4 is 11.9 Å². The first-order valence-electron chi connectivity index (χ1n) is 7.82. The number of rotatable bonds is 5. The molecule has 0 aliphatic carbocycles. The molecule has 136 valence electrons. The molecule has 1 aliphatic heterocycles. The van der Waals surface area contributed by atoms with Crippen LogP contribution in [0.15, 0.2) is 54.6 Å². The number of benzene rings is 2. The molecular formula is C18H15F3N2O3. The largest absolute Gasteiger partial charge is 0.573 e. The van der Waals surface area contributed by atoms with Gasteiger partial charge in [0.2, 0.25) is 0 Å². The topological polar surface area (TPSA) is 58.6 Å². The van der Waals surface area contributed by atoms with E-state index in [1.807, 2.05) is 30.3 Å². The number of halogens is 3. The lowest BCUT2D eigenvalue weighted by Gasteiger charge is -2.14. The highest BCUT2D eigenvalue weighted by Gasteiger charge is 2.37. The van der Waals surface area contributed by atoms with Crippen LogP contribution in [0, 0.1) is 0 Å². The Hall–Kier alpha value is -3.03. The van der Waals surface area contributed by atoms with Crippen molar-refractivity contribution in [3.63, 3.8) is 0 Å². The maximum Gasteiger partial charge on any atom is 0.573 e. The number of carbonyl (C=O) groups is 2. The second-order valence-corrected chi connectivity index (χ2v) is 5.81. The monoisotopic (exact) mass is 364 g/mol. The molecule has 26 heavy (non-hydrogen) atoms. The van der Waals surface area contributed by atoms with Gasteiger partial charge in [-0.1, -0.05) is 42.5 Å². The molecule has 1 saturated heterocycles. The van der Waals surface area contributed by atoms with Crippen LogP contribution in [0.1, 0.15) is 11.1 Å². The summed E-state index contributed by atoms with van der Waals surface area (Å²) in [6.07, 6.45) is -4.39. The van der Waals surface area contributed by atoms with Gasteiger partial charge in [0.05, 0.1) is 6.54 Å². The first-order chi connectivity index (χ1) is 12.3. The number of urea groups is 1. The molecule has 5 nitrogen and oxygen atoms in total. The lowest BCUT2D eigenvalue weighted by atomic mass is 10.1. The van der Waals surface area contributed by atoms with Gasteiger partial charge in [-0.2, -0.15) is 0 Å². The summed E-state index contributed by atoms with van der Waals surface area (Å²) in [7, 11) is 0. The molecule has 0 saturated carbocycles. The van der Waals surface area contributed by atoms with Gasteiger partial charge in [-0.3, -0.25) is 9.69 Å². The van der Waals surface area contributed by atoms with Crippen LogP contribution in [-0.4, -0.2) is 29.2 Å². The van der Waals surface area contributed by atoms with Gasteiger partial charge in [0.1, 0.15) is 11.8 Å². The van der Waals surface area contributed by atoms with Crippen LogP contribution in [-0.2, 0) is 17.8 Å².